The second-order valence-corrected chi connectivity index (χ2v) is 11.3. The number of urea groups is 1. The number of carbonyl (C=O) groups is 3. The first-order valence-electron chi connectivity index (χ1n) is 14.3. The zero-order valence-electron chi connectivity index (χ0n) is 24.5. The summed E-state index contributed by atoms with van der Waals surface area (Å²) in [5.41, 5.74) is 5.34. The molecule has 1 saturated carbocycles. The summed E-state index contributed by atoms with van der Waals surface area (Å²) in [4.78, 5) is 50.6. The molecular formula is C32H37N7O3. The van der Waals surface area contributed by atoms with E-state index in [0.717, 1.165) is 48.1 Å². The molecule has 1 aromatic heterocycles. The number of benzene rings is 2. The van der Waals surface area contributed by atoms with Gasteiger partial charge in [-0.3, -0.25) is 19.4 Å². The number of nitrogens with one attached hydrogen (secondary N) is 3. The number of aryl methyl sites for hydroxylation is 2. The molecule has 0 saturated heterocycles. The number of amides is 4. The molecule has 42 heavy (non-hydrogen) atoms. The molecule has 3 aromatic rings. The average Bonchev–Trinajstić information content (AvgIpc) is 2.98. The van der Waals surface area contributed by atoms with Crippen LogP contribution in [-0.4, -0.2) is 34.9 Å². The van der Waals surface area contributed by atoms with Crippen LogP contribution in [0.4, 0.5) is 39.3 Å². The Morgan fingerprint density at radius 3 is 2.45 bits per heavy atom. The van der Waals surface area contributed by atoms with Crippen LogP contribution in [0.2, 0.25) is 0 Å². The third-order valence-electron chi connectivity index (χ3n) is 8.10. The highest BCUT2D eigenvalue weighted by molar-refractivity contribution is 6.06. The highest BCUT2D eigenvalue weighted by atomic mass is 16.2. The van der Waals surface area contributed by atoms with Crippen LogP contribution in [0.3, 0.4) is 0 Å². The molecule has 0 atom stereocenters. The maximum absolute atomic E-state index is 13.6. The highest BCUT2D eigenvalue weighted by Crippen LogP contribution is 2.34. The van der Waals surface area contributed by atoms with E-state index in [2.05, 4.69) is 39.4 Å². The van der Waals surface area contributed by atoms with Gasteiger partial charge in [-0.25, -0.2) is 9.78 Å². The lowest BCUT2D eigenvalue weighted by atomic mass is 9.82. The molecule has 10 nitrogen and oxygen atoms in total. The Morgan fingerprint density at radius 2 is 1.71 bits per heavy atom. The van der Waals surface area contributed by atoms with E-state index in [0.29, 0.717) is 41.3 Å². The Morgan fingerprint density at radius 1 is 1.00 bits per heavy atom. The van der Waals surface area contributed by atoms with Gasteiger partial charge in [-0.05, 0) is 86.9 Å². The molecule has 0 unspecified atom stereocenters. The van der Waals surface area contributed by atoms with Gasteiger partial charge in [0.15, 0.2) is 0 Å². The van der Waals surface area contributed by atoms with Crippen LogP contribution in [-0.2, 0) is 16.1 Å². The molecule has 0 spiro atoms. The van der Waals surface area contributed by atoms with E-state index in [9.17, 15) is 14.4 Å². The summed E-state index contributed by atoms with van der Waals surface area (Å²) in [6.45, 7) is 9.87. The van der Waals surface area contributed by atoms with Crippen LogP contribution in [0, 0.1) is 25.7 Å². The van der Waals surface area contributed by atoms with Crippen molar-refractivity contribution in [3.05, 3.63) is 71.9 Å². The summed E-state index contributed by atoms with van der Waals surface area (Å²) in [5.74, 6) is 1.28. The van der Waals surface area contributed by atoms with Gasteiger partial charge in [0.1, 0.15) is 5.82 Å². The normalized spacial score (nSPS) is 18.2. The predicted molar refractivity (Wildman–Crippen MR) is 166 cm³/mol. The lowest BCUT2D eigenvalue weighted by Crippen LogP contribution is -2.46. The van der Waals surface area contributed by atoms with Gasteiger partial charge in [-0.15, -0.1) is 0 Å². The van der Waals surface area contributed by atoms with E-state index in [-0.39, 0.29) is 23.8 Å². The lowest BCUT2D eigenvalue weighted by molar-refractivity contribution is -0.121. The lowest BCUT2D eigenvalue weighted by Gasteiger charge is -2.35. The molecule has 3 N–H and O–H groups in total. The minimum Gasteiger partial charge on any atom is -0.326 e. The number of hydrogen-bond donors (Lipinski definition) is 3. The van der Waals surface area contributed by atoms with Crippen molar-refractivity contribution in [2.24, 2.45) is 11.8 Å². The van der Waals surface area contributed by atoms with Crippen LogP contribution < -0.4 is 25.8 Å². The summed E-state index contributed by atoms with van der Waals surface area (Å²) >= 11 is 0. The van der Waals surface area contributed by atoms with Crippen LogP contribution >= 0.6 is 0 Å². The number of rotatable bonds is 7. The van der Waals surface area contributed by atoms with Crippen molar-refractivity contribution >= 4 is 52.4 Å². The van der Waals surface area contributed by atoms with Crippen molar-refractivity contribution in [1.82, 2.24) is 9.97 Å². The fraction of sp³-hybridized carbons (Fsp3) is 0.344. The van der Waals surface area contributed by atoms with Gasteiger partial charge in [-0.1, -0.05) is 25.6 Å². The number of carbonyl (C=O) groups excluding carboxylic acids is 3. The average molecular weight is 568 g/mol. The number of anilines is 6. The number of fused-ring (bicyclic) bond motifs is 1. The number of aromatic nitrogens is 2. The first kappa shape index (κ1) is 28.8. The van der Waals surface area contributed by atoms with E-state index in [1.54, 1.807) is 24.2 Å². The van der Waals surface area contributed by atoms with Crippen LogP contribution in [0.5, 0.6) is 0 Å². The summed E-state index contributed by atoms with van der Waals surface area (Å²) in [7, 11) is 1.68. The molecule has 5 rings (SSSR count). The largest absolute Gasteiger partial charge is 0.330 e. The summed E-state index contributed by atoms with van der Waals surface area (Å²) < 4.78 is 0. The van der Waals surface area contributed by atoms with Crippen LogP contribution in [0.1, 0.15) is 49.3 Å². The molecular weight excluding hydrogens is 530 g/mol. The maximum Gasteiger partial charge on any atom is 0.330 e. The number of nitrogens with zero attached hydrogens (tertiary/aromatic N) is 4. The van der Waals surface area contributed by atoms with Crippen molar-refractivity contribution in [1.29, 1.82) is 0 Å². The Labute approximate surface area is 246 Å². The van der Waals surface area contributed by atoms with E-state index in [1.807, 2.05) is 44.2 Å². The first-order chi connectivity index (χ1) is 20.1. The smallest absolute Gasteiger partial charge is 0.326 e. The van der Waals surface area contributed by atoms with Crippen LogP contribution in [0.25, 0.3) is 0 Å². The van der Waals surface area contributed by atoms with Gasteiger partial charge >= 0.3 is 6.03 Å². The Kier molecular flexibility index (Phi) is 8.24. The monoisotopic (exact) mass is 567 g/mol. The first-order valence-corrected chi connectivity index (χ1v) is 14.3. The van der Waals surface area contributed by atoms with Gasteiger partial charge in [0.25, 0.3) is 0 Å². The Bertz CT molecular complexity index is 1550. The quantitative estimate of drug-likeness (QED) is 0.288. The summed E-state index contributed by atoms with van der Waals surface area (Å²) in [6.07, 6.45) is 6.89. The molecule has 1 aliphatic carbocycles. The van der Waals surface area contributed by atoms with E-state index in [4.69, 9.17) is 0 Å². The van der Waals surface area contributed by atoms with Gasteiger partial charge in [-0.2, -0.15) is 4.98 Å². The molecule has 1 fully saturated rings. The minimum absolute atomic E-state index is 0.0259. The van der Waals surface area contributed by atoms with Crippen LogP contribution in [0.15, 0.2) is 55.3 Å². The van der Waals surface area contributed by atoms with Crippen molar-refractivity contribution in [2.75, 3.05) is 32.8 Å². The molecule has 0 bridgehead atoms. The second-order valence-electron chi connectivity index (χ2n) is 11.3. The summed E-state index contributed by atoms with van der Waals surface area (Å²) in [5, 5.41) is 9.03. The molecule has 2 aliphatic rings. The van der Waals surface area contributed by atoms with E-state index >= 15 is 0 Å². The molecule has 4 amide bonds. The van der Waals surface area contributed by atoms with Gasteiger partial charge in [0.05, 0.1) is 12.2 Å². The predicted octanol–water partition coefficient (Wildman–Crippen LogP) is 6.30. The van der Waals surface area contributed by atoms with Crippen molar-refractivity contribution < 1.29 is 14.4 Å². The van der Waals surface area contributed by atoms with Crippen molar-refractivity contribution in [3.63, 3.8) is 0 Å². The molecule has 1 aliphatic heterocycles. The van der Waals surface area contributed by atoms with Gasteiger partial charge < -0.3 is 16.0 Å². The zero-order chi connectivity index (χ0) is 30.0. The fourth-order valence-electron chi connectivity index (χ4n) is 5.45. The molecule has 2 heterocycles. The standard InChI is InChI=1S/C32H37N7O3/c1-6-28(40)36-26-15-24(13-9-20(26)3)35-31-33-17-23-18-39(32(42)38(5)29(23)37-31)27-16-25(14-10-21(27)4)34-30(41)22-11-7-19(2)8-12-22/h6,9-10,13-17,19,22H,1,7-8,11-12,18H2,2-5H3,(H,34,41)(H,36,40)(H,33,35,37). The third kappa shape index (κ3) is 6.12. The minimum atomic E-state index is -0.299. The highest BCUT2D eigenvalue weighted by Gasteiger charge is 2.32. The molecule has 0 radical (unpaired) electrons. The summed E-state index contributed by atoms with van der Waals surface area (Å²) in [6, 6.07) is 11.0. The maximum atomic E-state index is 13.6. The third-order valence-corrected chi connectivity index (χ3v) is 8.10. The van der Waals surface area contributed by atoms with Crippen molar-refractivity contribution in [2.45, 2.75) is 53.0 Å². The van der Waals surface area contributed by atoms with E-state index < -0.39 is 0 Å². The fourth-order valence-corrected chi connectivity index (χ4v) is 5.45. The second kappa shape index (κ2) is 12.0. The van der Waals surface area contributed by atoms with Crippen molar-refractivity contribution in [3.8, 4) is 0 Å². The molecule has 2 aromatic carbocycles. The number of hydrogen-bond acceptors (Lipinski definition) is 6. The van der Waals surface area contributed by atoms with Gasteiger partial charge in [0.2, 0.25) is 17.8 Å². The molecule has 218 valence electrons. The topological polar surface area (TPSA) is 120 Å². The van der Waals surface area contributed by atoms with E-state index in [1.165, 1.54) is 11.0 Å². The SMILES string of the molecule is C=CC(=O)Nc1cc(Nc2ncc3c(n2)N(C)C(=O)N(c2cc(NC(=O)C4CCC(C)CC4)ccc2C)C3)ccc1C. The van der Waals surface area contributed by atoms with Gasteiger partial charge in [0, 0.05) is 41.8 Å². The zero-order valence-corrected chi connectivity index (χ0v) is 24.5. The molecule has 10 heteroatoms. The Hall–Kier alpha value is -4.73. The Balaban J connectivity index is 1.33.